The van der Waals surface area contributed by atoms with Crippen molar-refractivity contribution in [3.8, 4) is 0 Å². The molecule has 0 amide bonds. The molecule has 0 aliphatic carbocycles. The van der Waals surface area contributed by atoms with Gasteiger partial charge in [-0.3, -0.25) is 4.90 Å². The lowest BCUT2D eigenvalue weighted by molar-refractivity contribution is 0.245. The Morgan fingerprint density at radius 2 is 2.50 bits per heavy atom. The topological polar surface area (TPSA) is 42.4 Å². The van der Waals surface area contributed by atoms with Crippen LogP contribution in [0.25, 0.3) is 0 Å². The molecule has 1 aromatic heterocycles. The van der Waals surface area contributed by atoms with E-state index in [4.69, 9.17) is 10.2 Å². The summed E-state index contributed by atoms with van der Waals surface area (Å²) in [4.78, 5) is 2.28. The summed E-state index contributed by atoms with van der Waals surface area (Å²) in [6.45, 7) is 2.72. The van der Waals surface area contributed by atoms with Gasteiger partial charge in [0.05, 0.1) is 6.54 Å². The molecule has 1 aromatic rings. The minimum absolute atomic E-state index is 0.531. The van der Waals surface area contributed by atoms with Crippen molar-refractivity contribution in [1.29, 1.82) is 0 Å². The van der Waals surface area contributed by atoms with E-state index in [0.29, 0.717) is 5.92 Å². The lowest BCUT2D eigenvalue weighted by Crippen LogP contribution is -2.30. The van der Waals surface area contributed by atoms with Crippen LogP contribution in [0.5, 0.6) is 0 Å². The third-order valence-electron chi connectivity index (χ3n) is 2.71. The van der Waals surface area contributed by atoms with Crippen LogP contribution in [0.4, 0.5) is 0 Å². The Kier molecular flexibility index (Phi) is 2.95. The number of hydrogen-bond acceptors (Lipinski definition) is 3. The highest BCUT2D eigenvalue weighted by Gasteiger charge is 2.26. The number of furan rings is 1. The maximum atomic E-state index is 5.61. The number of likely N-dealkylation sites (N-methyl/N-ethyl adjacent to an activating group) is 1. The molecule has 0 fully saturated rings. The summed E-state index contributed by atoms with van der Waals surface area (Å²) in [5.41, 5.74) is 6.94. The number of halogens is 1. The summed E-state index contributed by atoms with van der Waals surface area (Å²) in [5.74, 6) is 1.62. The monoisotopic (exact) mass is 258 g/mol. The Labute approximate surface area is 92.4 Å². The van der Waals surface area contributed by atoms with E-state index in [1.54, 1.807) is 0 Å². The fraction of sp³-hybridized carbons (Fsp3) is 0.600. The molecule has 2 rings (SSSR count). The van der Waals surface area contributed by atoms with E-state index in [1.165, 1.54) is 5.56 Å². The lowest BCUT2D eigenvalue weighted by atomic mass is 9.92. The zero-order chi connectivity index (χ0) is 10.1. The van der Waals surface area contributed by atoms with Gasteiger partial charge in [-0.25, -0.2) is 0 Å². The summed E-state index contributed by atoms with van der Waals surface area (Å²) in [6.07, 6.45) is 1.03. The van der Waals surface area contributed by atoms with Crippen molar-refractivity contribution in [1.82, 2.24) is 4.90 Å². The zero-order valence-corrected chi connectivity index (χ0v) is 9.88. The van der Waals surface area contributed by atoms with Crippen molar-refractivity contribution in [3.05, 3.63) is 22.1 Å². The summed E-state index contributed by atoms with van der Waals surface area (Å²) in [5, 5.41) is 0. The van der Waals surface area contributed by atoms with Crippen LogP contribution in [-0.4, -0.2) is 25.0 Å². The summed E-state index contributed by atoms with van der Waals surface area (Å²) >= 11 is 3.37. The quantitative estimate of drug-likeness (QED) is 0.882. The highest BCUT2D eigenvalue weighted by Crippen LogP contribution is 2.33. The highest BCUT2D eigenvalue weighted by atomic mass is 79.9. The minimum atomic E-state index is 0.531. The fourth-order valence-corrected chi connectivity index (χ4v) is 2.55. The van der Waals surface area contributed by atoms with E-state index < -0.39 is 0 Å². The van der Waals surface area contributed by atoms with Crippen LogP contribution in [0.1, 0.15) is 23.7 Å². The average Bonchev–Trinajstić information content (AvgIpc) is 2.45. The number of nitrogens with zero attached hydrogens (tertiary/aromatic N) is 1. The maximum Gasteiger partial charge on any atom is 0.169 e. The molecule has 4 heteroatoms. The number of hydrogen-bond donors (Lipinski definition) is 1. The van der Waals surface area contributed by atoms with E-state index in [-0.39, 0.29) is 0 Å². The number of fused-ring (bicyclic) bond motifs is 1. The van der Waals surface area contributed by atoms with E-state index in [1.807, 2.05) is 0 Å². The Bertz CT molecular complexity index is 324. The van der Waals surface area contributed by atoms with Gasteiger partial charge in [0.15, 0.2) is 4.67 Å². The van der Waals surface area contributed by atoms with E-state index in [2.05, 4.69) is 33.9 Å². The van der Waals surface area contributed by atoms with Crippen molar-refractivity contribution in [3.63, 3.8) is 0 Å². The minimum Gasteiger partial charge on any atom is -0.453 e. The van der Waals surface area contributed by atoms with Gasteiger partial charge in [-0.15, -0.1) is 0 Å². The Hall–Kier alpha value is -0.320. The molecule has 1 aliphatic rings. The fourth-order valence-electron chi connectivity index (χ4n) is 2.11. The number of rotatable bonds is 2. The molecule has 78 valence electrons. The molecule has 0 bridgehead atoms. The third-order valence-corrected chi connectivity index (χ3v) is 3.10. The van der Waals surface area contributed by atoms with E-state index in [0.717, 1.165) is 36.5 Å². The maximum absolute atomic E-state index is 5.61. The van der Waals surface area contributed by atoms with Crippen molar-refractivity contribution in [2.45, 2.75) is 18.9 Å². The first kappa shape index (κ1) is 10.2. The van der Waals surface area contributed by atoms with Gasteiger partial charge in [-0.2, -0.15) is 0 Å². The van der Waals surface area contributed by atoms with Crippen molar-refractivity contribution in [2.75, 3.05) is 20.1 Å². The molecule has 1 aliphatic heterocycles. The average molecular weight is 259 g/mol. The van der Waals surface area contributed by atoms with Crippen LogP contribution in [0.15, 0.2) is 15.2 Å². The van der Waals surface area contributed by atoms with Gasteiger partial charge in [0.25, 0.3) is 0 Å². The van der Waals surface area contributed by atoms with Crippen LogP contribution in [-0.2, 0) is 6.54 Å². The van der Waals surface area contributed by atoms with Gasteiger partial charge in [-0.05, 0) is 42.0 Å². The largest absolute Gasteiger partial charge is 0.453 e. The van der Waals surface area contributed by atoms with Crippen molar-refractivity contribution in [2.24, 2.45) is 5.73 Å². The molecule has 1 atom stereocenters. The first-order valence-electron chi connectivity index (χ1n) is 4.87. The van der Waals surface area contributed by atoms with Crippen LogP contribution < -0.4 is 5.73 Å². The Morgan fingerprint density at radius 3 is 3.21 bits per heavy atom. The van der Waals surface area contributed by atoms with Gasteiger partial charge < -0.3 is 10.2 Å². The molecule has 1 unspecified atom stereocenters. The van der Waals surface area contributed by atoms with Crippen LogP contribution >= 0.6 is 15.9 Å². The predicted octanol–water partition coefficient (Wildman–Crippen LogP) is 1.92. The molecule has 14 heavy (non-hydrogen) atoms. The van der Waals surface area contributed by atoms with Crippen LogP contribution in [0.3, 0.4) is 0 Å². The Morgan fingerprint density at radius 1 is 1.71 bits per heavy atom. The van der Waals surface area contributed by atoms with Crippen LogP contribution in [0.2, 0.25) is 0 Å². The molecule has 0 saturated heterocycles. The first-order chi connectivity index (χ1) is 6.70. The molecule has 2 heterocycles. The molecule has 3 nitrogen and oxygen atoms in total. The summed E-state index contributed by atoms with van der Waals surface area (Å²) < 4.78 is 6.42. The number of nitrogens with two attached hydrogens (primary N) is 1. The molecular weight excluding hydrogens is 244 g/mol. The summed E-state index contributed by atoms with van der Waals surface area (Å²) in [7, 11) is 2.11. The van der Waals surface area contributed by atoms with Gasteiger partial charge in [-0.1, -0.05) is 0 Å². The van der Waals surface area contributed by atoms with Gasteiger partial charge in [0.1, 0.15) is 5.76 Å². The van der Waals surface area contributed by atoms with Gasteiger partial charge in [0, 0.05) is 18.0 Å². The van der Waals surface area contributed by atoms with Gasteiger partial charge in [0.2, 0.25) is 0 Å². The molecule has 0 radical (unpaired) electrons. The first-order valence-corrected chi connectivity index (χ1v) is 5.66. The molecular formula is C10H15BrN2O. The van der Waals surface area contributed by atoms with Crippen molar-refractivity contribution < 1.29 is 4.42 Å². The molecule has 0 aromatic carbocycles. The highest BCUT2D eigenvalue weighted by molar-refractivity contribution is 9.10. The lowest BCUT2D eigenvalue weighted by Gasteiger charge is -2.28. The second-order valence-electron chi connectivity index (χ2n) is 3.90. The molecule has 0 spiro atoms. The van der Waals surface area contributed by atoms with E-state index in [9.17, 15) is 0 Å². The smallest absolute Gasteiger partial charge is 0.169 e. The summed E-state index contributed by atoms with van der Waals surface area (Å²) in [6, 6.07) is 2.09. The normalized spacial score (nSPS) is 22.4. The SMILES string of the molecule is CN1Cc2oc(Br)cc2C(CCN)C1. The van der Waals surface area contributed by atoms with E-state index >= 15 is 0 Å². The second kappa shape index (κ2) is 4.04. The van der Waals surface area contributed by atoms with Crippen molar-refractivity contribution >= 4 is 15.9 Å². The molecule has 0 saturated carbocycles. The predicted molar refractivity (Wildman–Crippen MR) is 59.2 cm³/mol. The van der Waals surface area contributed by atoms with Gasteiger partial charge >= 0.3 is 0 Å². The van der Waals surface area contributed by atoms with Crippen LogP contribution in [0, 0.1) is 0 Å². The standard InChI is InChI=1S/C10H15BrN2O/c1-13-5-7(2-3-12)8-4-10(11)14-9(8)6-13/h4,7H,2-3,5-6,12H2,1H3. The Balaban J connectivity index is 2.28. The molecule has 2 N–H and O–H groups in total. The second-order valence-corrected chi connectivity index (χ2v) is 4.68. The zero-order valence-electron chi connectivity index (χ0n) is 8.29. The third kappa shape index (κ3) is 1.87.